The molecule has 7 heteroatoms. The lowest BCUT2D eigenvalue weighted by Gasteiger charge is -2.13. The highest BCUT2D eigenvalue weighted by Crippen LogP contribution is 2.21. The fourth-order valence-electron chi connectivity index (χ4n) is 1.60. The van der Waals surface area contributed by atoms with Gasteiger partial charge in [0.1, 0.15) is 6.04 Å². The SMILES string of the molecule is CNC(CCSc1ccc(S(C)(=O)=O)cc1)C(=O)OC. The van der Waals surface area contributed by atoms with Crippen molar-refractivity contribution in [3.05, 3.63) is 24.3 Å². The second-order valence-corrected chi connectivity index (χ2v) is 7.43. The third-order valence-electron chi connectivity index (χ3n) is 2.76. The topological polar surface area (TPSA) is 72.5 Å². The van der Waals surface area contributed by atoms with Crippen LogP contribution in [-0.4, -0.2) is 46.6 Å². The van der Waals surface area contributed by atoms with E-state index in [1.165, 1.54) is 13.4 Å². The van der Waals surface area contributed by atoms with E-state index in [0.29, 0.717) is 11.3 Å². The molecule has 0 aliphatic heterocycles. The van der Waals surface area contributed by atoms with Gasteiger partial charge < -0.3 is 10.1 Å². The Kier molecular flexibility index (Phi) is 6.51. The minimum atomic E-state index is -3.15. The Bertz CT molecular complexity index is 540. The molecule has 1 aromatic carbocycles. The zero-order chi connectivity index (χ0) is 15.2. The van der Waals surface area contributed by atoms with Crippen LogP contribution in [0.3, 0.4) is 0 Å². The largest absolute Gasteiger partial charge is 0.468 e. The number of sulfone groups is 1. The number of ether oxygens (including phenoxy) is 1. The molecular weight excluding hydrogens is 298 g/mol. The maximum atomic E-state index is 11.4. The van der Waals surface area contributed by atoms with Gasteiger partial charge in [0.2, 0.25) is 0 Å². The van der Waals surface area contributed by atoms with E-state index in [-0.39, 0.29) is 12.0 Å². The molecule has 1 atom stereocenters. The highest BCUT2D eigenvalue weighted by molar-refractivity contribution is 7.99. The fourth-order valence-corrected chi connectivity index (χ4v) is 3.15. The van der Waals surface area contributed by atoms with Gasteiger partial charge in [0.25, 0.3) is 0 Å². The van der Waals surface area contributed by atoms with Crippen LogP contribution in [0.5, 0.6) is 0 Å². The molecule has 1 aromatic rings. The van der Waals surface area contributed by atoms with E-state index in [4.69, 9.17) is 0 Å². The van der Waals surface area contributed by atoms with Gasteiger partial charge in [-0.15, -0.1) is 11.8 Å². The number of hydrogen-bond donors (Lipinski definition) is 1. The molecule has 0 spiro atoms. The number of carbonyl (C=O) groups is 1. The first-order chi connectivity index (χ1) is 9.38. The van der Waals surface area contributed by atoms with Crippen molar-refractivity contribution in [3.8, 4) is 0 Å². The van der Waals surface area contributed by atoms with Crippen LogP contribution in [0, 0.1) is 0 Å². The molecule has 0 fully saturated rings. The molecule has 5 nitrogen and oxygen atoms in total. The number of rotatable bonds is 7. The van der Waals surface area contributed by atoms with Crippen LogP contribution >= 0.6 is 11.8 Å². The van der Waals surface area contributed by atoms with Crippen LogP contribution in [0.15, 0.2) is 34.1 Å². The molecule has 1 unspecified atom stereocenters. The Morgan fingerprint density at radius 3 is 2.40 bits per heavy atom. The van der Waals surface area contributed by atoms with Crippen molar-refractivity contribution < 1.29 is 17.9 Å². The molecule has 1 N–H and O–H groups in total. The molecule has 112 valence electrons. The van der Waals surface area contributed by atoms with E-state index in [0.717, 1.165) is 10.6 Å². The third-order valence-corrected chi connectivity index (χ3v) is 4.94. The first-order valence-corrected chi connectivity index (χ1v) is 8.94. The summed E-state index contributed by atoms with van der Waals surface area (Å²) in [6.07, 6.45) is 1.82. The summed E-state index contributed by atoms with van der Waals surface area (Å²) in [5, 5.41) is 2.90. The maximum Gasteiger partial charge on any atom is 0.322 e. The highest BCUT2D eigenvalue weighted by Gasteiger charge is 2.16. The van der Waals surface area contributed by atoms with Gasteiger partial charge in [0.15, 0.2) is 9.84 Å². The highest BCUT2D eigenvalue weighted by atomic mass is 32.2. The van der Waals surface area contributed by atoms with Crippen molar-refractivity contribution in [2.24, 2.45) is 0 Å². The molecule has 0 heterocycles. The van der Waals surface area contributed by atoms with Crippen LogP contribution < -0.4 is 5.32 Å². The quantitative estimate of drug-likeness (QED) is 0.604. The van der Waals surface area contributed by atoms with Gasteiger partial charge in [-0.1, -0.05) is 0 Å². The summed E-state index contributed by atoms with van der Waals surface area (Å²) in [6.45, 7) is 0. The lowest BCUT2D eigenvalue weighted by atomic mass is 10.2. The van der Waals surface area contributed by atoms with Crippen LogP contribution in [0.1, 0.15) is 6.42 Å². The van der Waals surface area contributed by atoms with Gasteiger partial charge in [0.05, 0.1) is 12.0 Å². The number of nitrogens with one attached hydrogen (secondary N) is 1. The van der Waals surface area contributed by atoms with Crippen molar-refractivity contribution >= 4 is 27.6 Å². The Balaban J connectivity index is 2.52. The van der Waals surface area contributed by atoms with E-state index in [9.17, 15) is 13.2 Å². The zero-order valence-corrected chi connectivity index (χ0v) is 13.4. The summed E-state index contributed by atoms with van der Waals surface area (Å²) < 4.78 is 27.3. The predicted molar refractivity (Wildman–Crippen MR) is 79.8 cm³/mol. The summed E-state index contributed by atoms with van der Waals surface area (Å²) >= 11 is 1.57. The lowest BCUT2D eigenvalue weighted by Crippen LogP contribution is -2.35. The first kappa shape index (κ1) is 17.0. The molecule has 0 amide bonds. The Labute approximate surface area is 124 Å². The van der Waals surface area contributed by atoms with Crippen molar-refractivity contribution in [3.63, 3.8) is 0 Å². The molecule has 0 aliphatic carbocycles. The molecule has 0 saturated heterocycles. The number of methoxy groups -OCH3 is 1. The van der Waals surface area contributed by atoms with Crippen LogP contribution in [0.2, 0.25) is 0 Å². The summed E-state index contributed by atoms with van der Waals surface area (Å²) in [5.41, 5.74) is 0. The Morgan fingerprint density at radius 1 is 1.35 bits per heavy atom. The first-order valence-electron chi connectivity index (χ1n) is 6.06. The van der Waals surface area contributed by atoms with E-state index in [1.54, 1.807) is 43.1 Å². The zero-order valence-electron chi connectivity index (χ0n) is 11.8. The number of thioether (sulfide) groups is 1. The summed E-state index contributed by atoms with van der Waals surface area (Å²) in [4.78, 5) is 12.7. The minimum absolute atomic E-state index is 0.277. The van der Waals surface area contributed by atoms with Gasteiger partial charge in [-0.05, 0) is 37.7 Å². The summed E-state index contributed by atoms with van der Waals surface area (Å²) in [5.74, 6) is 0.458. The van der Waals surface area contributed by atoms with Gasteiger partial charge in [0, 0.05) is 16.9 Å². The van der Waals surface area contributed by atoms with Crippen LogP contribution in [0.25, 0.3) is 0 Å². The molecule has 0 aromatic heterocycles. The minimum Gasteiger partial charge on any atom is -0.468 e. The Morgan fingerprint density at radius 2 is 1.95 bits per heavy atom. The molecule has 1 rings (SSSR count). The molecule has 0 aliphatic rings. The fraction of sp³-hybridized carbons (Fsp3) is 0.462. The van der Waals surface area contributed by atoms with Crippen LogP contribution in [-0.2, 0) is 19.4 Å². The van der Waals surface area contributed by atoms with Crippen molar-refractivity contribution in [2.75, 3.05) is 26.2 Å². The number of likely N-dealkylation sites (N-methyl/N-ethyl adjacent to an activating group) is 1. The number of carbonyl (C=O) groups excluding carboxylic acids is 1. The van der Waals surface area contributed by atoms with E-state index < -0.39 is 9.84 Å². The van der Waals surface area contributed by atoms with Gasteiger partial charge >= 0.3 is 5.97 Å². The third kappa shape index (κ3) is 5.15. The van der Waals surface area contributed by atoms with Gasteiger partial charge in [-0.25, -0.2) is 8.42 Å². The summed E-state index contributed by atoms with van der Waals surface area (Å²) in [7, 11) is -0.0723. The van der Waals surface area contributed by atoms with E-state index in [1.807, 2.05) is 0 Å². The van der Waals surface area contributed by atoms with Gasteiger partial charge in [-0.2, -0.15) is 0 Å². The van der Waals surface area contributed by atoms with Crippen molar-refractivity contribution in [2.45, 2.75) is 22.3 Å². The monoisotopic (exact) mass is 317 g/mol. The predicted octanol–water partition coefficient (Wildman–Crippen LogP) is 1.33. The standard InChI is InChI=1S/C13H19NO4S2/c1-14-12(13(15)18-2)8-9-19-10-4-6-11(7-5-10)20(3,16)17/h4-7,12,14H,8-9H2,1-3H3. The summed E-state index contributed by atoms with van der Waals surface area (Å²) in [6, 6.07) is 6.41. The van der Waals surface area contributed by atoms with E-state index in [2.05, 4.69) is 10.1 Å². The lowest BCUT2D eigenvalue weighted by molar-refractivity contribution is -0.143. The Hall–Kier alpha value is -1.05. The van der Waals surface area contributed by atoms with Crippen LogP contribution in [0.4, 0.5) is 0 Å². The maximum absolute atomic E-state index is 11.4. The molecule has 0 radical (unpaired) electrons. The number of esters is 1. The van der Waals surface area contributed by atoms with E-state index >= 15 is 0 Å². The molecule has 20 heavy (non-hydrogen) atoms. The smallest absolute Gasteiger partial charge is 0.322 e. The van der Waals surface area contributed by atoms with Crippen molar-refractivity contribution in [1.82, 2.24) is 5.32 Å². The normalized spacial score (nSPS) is 12.9. The molecule has 0 saturated carbocycles. The average Bonchev–Trinajstić information content (AvgIpc) is 2.42. The second kappa shape index (κ2) is 7.66. The molecule has 0 bridgehead atoms. The average molecular weight is 317 g/mol. The van der Waals surface area contributed by atoms with Gasteiger partial charge in [-0.3, -0.25) is 4.79 Å². The second-order valence-electron chi connectivity index (χ2n) is 4.25. The van der Waals surface area contributed by atoms with Crippen molar-refractivity contribution in [1.29, 1.82) is 0 Å². The number of benzene rings is 1. The molecular formula is C13H19NO4S2. The number of hydrogen-bond acceptors (Lipinski definition) is 6.